The van der Waals surface area contributed by atoms with Gasteiger partial charge in [0, 0.05) is 37.8 Å². The summed E-state index contributed by atoms with van der Waals surface area (Å²) in [6.07, 6.45) is 5.14. The molecule has 2 heteroatoms. The Morgan fingerprint density at radius 1 is 0.567 bits per heavy atom. The van der Waals surface area contributed by atoms with E-state index in [0.717, 1.165) is 13.1 Å². The number of hydrogen-bond donors (Lipinski definition) is 0. The zero-order valence-corrected chi connectivity index (χ0v) is 18.0. The third-order valence-corrected chi connectivity index (χ3v) is 6.36. The number of anilines is 1. The molecule has 1 fully saturated rings. The van der Waals surface area contributed by atoms with Gasteiger partial charge in [-0.05, 0) is 42.6 Å². The summed E-state index contributed by atoms with van der Waals surface area (Å²) >= 11 is 0. The van der Waals surface area contributed by atoms with E-state index >= 15 is 0 Å². The molecule has 0 spiro atoms. The molecule has 156 valence electrons. The molecule has 1 aliphatic rings. The van der Waals surface area contributed by atoms with Gasteiger partial charge in [-0.1, -0.05) is 91.7 Å². The highest BCUT2D eigenvalue weighted by Gasteiger charge is 2.17. The number of piperazine rings is 1. The molecule has 0 radical (unpaired) electrons. The second-order valence-corrected chi connectivity index (χ2v) is 8.39. The first kappa shape index (κ1) is 20.7. The van der Waals surface area contributed by atoms with Crippen molar-refractivity contribution in [2.24, 2.45) is 0 Å². The van der Waals surface area contributed by atoms with Gasteiger partial charge in [-0.3, -0.25) is 4.90 Å². The third kappa shape index (κ3) is 5.73. The molecule has 0 bridgehead atoms. The average molecular weight is 399 g/mol. The first-order valence-electron chi connectivity index (χ1n) is 11.5. The highest BCUT2D eigenvalue weighted by Crippen LogP contribution is 2.29. The molecule has 0 saturated carbocycles. The van der Waals surface area contributed by atoms with Gasteiger partial charge < -0.3 is 4.90 Å². The summed E-state index contributed by atoms with van der Waals surface area (Å²) in [6, 6.07) is 32.9. The second kappa shape index (κ2) is 11.0. The number of hydrogen-bond acceptors (Lipinski definition) is 2. The minimum absolute atomic E-state index is 0.516. The van der Waals surface area contributed by atoms with Gasteiger partial charge in [-0.25, -0.2) is 0 Å². The largest absolute Gasteiger partial charge is 0.369 e. The first-order valence-corrected chi connectivity index (χ1v) is 11.5. The molecule has 3 aromatic carbocycles. The summed E-state index contributed by atoms with van der Waals surface area (Å²) < 4.78 is 0. The van der Waals surface area contributed by atoms with Gasteiger partial charge in [0.25, 0.3) is 0 Å². The molecule has 0 atom stereocenters. The van der Waals surface area contributed by atoms with Gasteiger partial charge in [0.15, 0.2) is 0 Å². The molecule has 1 heterocycles. The quantitative estimate of drug-likeness (QED) is 0.396. The predicted molar refractivity (Wildman–Crippen MR) is 128 cm³/mol. The van der Waals surface area contributed by atoms with Gasteiger partial charge in [0.05, 0.1) is 0 Å². The lowest BCUT2D eigenvalue weighted by atomic mass is 9.87. The number of para-hydroxylation sites is 1. The zero-order valence-electron chi connectivity index (χ0n) is 18.0. The maximum absolute atomic E-state index is 2.64. The van der Waals surface area contributed by atoms with Crippen molar-refractivity contribution < 1.29 is 0 Å². The predicted octanol–water partition coefficient (Wildman–Crippen LogP) is 6.20. The van der Waals surface area contributed by atoms with Crippen LogP contribution in [0.3, 0.4) is 0 Å². The summed E-state index contributed by atoms with van der Waals surface area (Å²) in [5, 5.41) is 0. The van der Waals surface area contributed by atoms with Crippen LogP contribution in [0, 0.1) is 0 Å². The molecule has 4 rings (SSSR count). The van der Waals surface area contributed by atoms with Crippen LogP contribution in [0.25, 0.3) is 0 Å². The Balaban J connectivity index is 1.20. The van der Waals surface area contributed by atoms with Gasteiger partial charge in [0.1, 0.15) is 0 Å². The lowest BCUT2D eigenvalue weighted by Crippen LogP contribution is -2.46. The third-order valence-electron chi connectivity index (χ3n) is 6.36. The Morgan fingerprint density at radius 3 is 1.67 bits per heavy atom. The Bertz CT molecular complexity index is 800. The van der Waals surface area contributed by atoms with Crippen LogP contribution >= 0.6 is 0 Å². The number of unbranched alkanes of at least 4 members (excludes halogenated alkanes) is 2. The van der Waals surface area contributed by atoms with Crippen LogP contribution in [0.4, 0.5) is 5.69 Å². The van der Waals surface area contributed by atoms with Crippen LogP contribution in [0.2, 0.25) is 0 Å². The maximum Gasteiger partial charge on any atom is 0.0367 e. The van der Waals surface area contributed by atoms with E-state index in [9.17, 15) is 0 Å². The van der Waals surface area contributed by atoms with Crippen LogP contribution in [0.15, 0.2) is 91.0 Å². The summed E-state index contributed by atoms with van der Waals surface area (Å²) in [6.45, 7) is 5.91. The van der Waals surface area contributed by atoms with Gasteiger partial charge in [-0.15, -0.1) is 0 Å². The van der Waals surface area contributed by atoms with Crippen molar-refractivity contribution in [1.29, 1.82) is 0 Å². The lowest BCUT2D eigenvalue weighted by molar-refractivity contribution is 0.252. The highest BCUT2D eigenvalue weighted by molar-refractivity contribution is 5.46. The summed E-state index contributed by atoms with van der Waals surface area (Å²) in [5.74, 6) is 0.516. The van der Waals surface area contributed by atoms with Crippen molar-refractivity contribution >= 4 is 5.69 Å². The SMILES string of the molecule is c1ccc(C(CCCCCN2CCN(c3ccccc3)CC2)c2ccccc2)cc1. The first-order chi connectivity index (χ1) is 14.9. The van der Waals surface area contributed by atoms with E-state index in [-0.39, 0.29) is 0 Å². The Hall–Kier alpha value is -2.58. The molecule has 0 aromatic heterocycles. The number of benzene rings is 3. The fraction of sp³-hybridized carbons (Fsp3) is 0.357. The fourth-order valence-corrected chi connectivity index (χ4v) is 4.63. The van der Waals surface area contributed by atoms with E-state index in [4.69, 9.17) is 0 Å². The molecule has 30 heavy (non-hydrogen) atoms. The van der Waals surface area contributed by atoms with Crippen LogP contribution < -0.4 is 4.90 Å². The van der Waals surface area contributed by atoms with E-state index in [0.29, 0.717) is 5.92 Å². The standard InChI is InChI=1S/C28H34N2/c1-5-13-25(14-6-1)28(26-15-7-2-8-16-26)19-11-4-12-20-29-21-23-30(24-22-29)27-17-9-3-10-18-27/h1-3,5-10,13-18,28H,4,11-12,19-24H2. The number of rotatable bonds is 9. The van der Waals surface area contributed by atoms with E-state index in [1.165, 1.54) is 62.1 Å². The van der Waals surface area contributed by atoms with Crippen molar-refractivity contribution in [3.05, 3.63) is 102 Å². The monoisotopic (exact) mass is 398 g/mol. The lowest BCUT2D eigenvalue weighted by Gasteiger charge is -2.36. The molecule has 2 nitrogen and oxygen atoms in total. The second-order valence-electron chi connectivity index (χ2n) is 8.39. The van der Waals surface area contributed by atoms with E-state index in [2.05, 4.69) is 101 Å². The molecule has 0 aliphatic carbocycles. The fourth-order valence-electron chi connectivity index (χ4n) is 4.63. The minimum Gasteiger partial charge on any atom is -0.369 e. The molecule has 1 saturated heterocycles. The Labute approximate surface area is 182 Å². The van der Waals surface area contributed by atoms with Crippen LogP contribution in [0.1, 0.15) is 42.7 Å². The van der Waals surface area contributed by atoms with E-state index in [1.54, 1.807) is 0 Å². The maximum atomic E-state index is 2.64. The highest BCUT2D eigenvalue weighted by atomic mass is 15.3. The normalized spacial score (nSPS) is 14.9. The summed E-state index contributed by atoms with van der Waals surface area (Å²) in [5.41, 5.74) is 4.26. The molecule has 3 aromatic rings. The van der Waals surface area contributed by atoms with Gasteiger partial charge in [0.2, 0.25) is 0 Å². The van der Waals surface area contributed by atoms with Crippen molar-refractivity contribution in [3.8, 4) is 0 Å². The van der Waals surface area contributed by atoms with Crippen molar-refractivity contribution in [2.45, 2.75) is 31.6 Å². The van der Waals surface area contributed by atoms with Gasteiger partial charge in [-0.2, -0.15) is 0 Å². The molecule has 0 N–H and O–H groups in total. The molecule has 0 amide bonds. The molecule has 0 unspecified atom stereocenters. The zero-order chi connectivity index (χ0) is 20.4. The molecular formula is C28H34N2. The van der Waals surface area contributed by atoms with Gasteiger partial charge >= 0.3 is 0 Å². The minimum atomic E-state index is 0.516. The topological polar surface area (TPSA) is 6.48 Å². The summed E-state index contributed by atoms with van der Waals surface area (Å²) in [4.78, 5) is 5.16. The van der Waals surface area contributed by atoms with Crippen molar-refractivity contribution in [1.82, 2.24) is 4.90 Å². The number of nitrogens with zero attached hydrogens (tertiary/aromatic N) is 2. The van der Waals surface area contributed by atoms with Crippen LogP contribution in [0.5, 0.6) is 0 Å². The average Bonchev–Trinajstić information content (AvgIpc) is 2.83. The van der Waals surface area contributed by atoms with E-state index < -0.39 is 0 Å². The van der Waals surface area contributed by atoms with Crippen LogP contribution in [-0.2, 0) is 0 Å². The Morgan fingerprint density at radius 2 is 1.10 bits per heavy atom. The van der Waals surface area contributed by atoms with Crippen molar-refractivity contribution in [2.75, 3.05) is 37.6 Å². The van der Waals surface area contributed by atoms with Crippen molar-refractivity contribution in [3.63, 3.8) is 0 Å². The smallest absolute Gasteiger partial charge is 0.0367 e. The molecular weight excluding hydrogens is 364 g/mol. The van der Waals surface area contributed by atoms with Crippen LogP contribution in [-0.4, -0.2) is 37.6 Å². The molecule has 1 aliphatic heterocycles. The Kier molecular flexibility index (Phi) is 7.57. The van der Waals surface area contributed by atoms with E-state index in [1.807, 2.05) is 0 Å². The summed E-state index contributed by atoms with van der Waals surface area (Å²) in [7, 11) is 0.